The van der Waals surface area contributed by atoms with Crippen LogP contribution < -0.4 is 5.32 Å². The highest BCUT2D eigenvalue weighted by Crippen LogP contribution is 2.24. The van der Waals surface area contributed by atoms with E-state index >= 15 is 0 Å². The summed E-state index contributed by atoms with van der Waals surface area (Å²) in [6, 6.07) is 2.05. The van der Waals surface area contributed by atoms with Gasteiger partial charge in [0, 0.05) is 18.1 Å². The SMILES string of the molecule is CC(C)(C)OC(=O)N[C@H](CC=O)c1ccc([N+](=O)[O-])cc1F. The van der Waals surface area contributed by atoms with Gasteiger partial charge in [-0.05, 0) is 26.8 Å². The number of nitrogens with one attached hydrogen (secondary N) is 1. The van der Waals surface area contributed by atoms with E-state index in [-0.39, 0.29) is 12.0 Å². The molecule has 1 aromatic carbocycles. The molecule has 1 amide bonds. The Labute approximate surface area is 126 Å². The number of hydrogen-bond acceptors (Lipinski definition) is 5. The molecule has 1 atom stereocenters. The fourth-order valence-corrected chi connectivity index (χ4v) is 1.72. The van der Waals surface area contributed by atoms with Crippen molar-refractivity contribution in [3.8, 4) is 0 Å². The first-order chi connectivity index (χ1) is 10.1. The van der Waals surface area contributed by atoms with Crippen molar-refractivity contribution in [2.45, 2.75) is 38.8 Å². The molecule has 0 heterocycles. The van der Waals surface area contributed by atoms with E-state index in [9.17, 15) is 24.1 Å². The number of halogens is 1. The molecule has 0 aliphatic carbocycles. The highest BCUT2D eigenvalue weighted by molar-refractivity contribution is 5.69. The zero-order valence-corrected chi connectivity index (χ0v) is 12.5. The standard InChI is InChI=1S/C14H17FN2O5/c1-14(2,3)22-13(19)16-12(6-7-18)10-5-4-9(17(20)21)8-11(10)15/h4-5,7-8,12H,6H2,1-3H3,(H,16,19)/t12-/m1/s1. The van der Waals surface area contributed by atoms with E-state index in [0.717, 1.165) is 12.1 Å². The molecule has 1 N–H and O–H groups in total. The number of benzene rings is 1. The Kier molecular flexibility index (Phi) is 5.56. The smallest absolute Gasteiger partial charge is 0.408 e. The molecule has 0 aromatic heterocycles. The minimum absolute atomic E-state index is 0.0245. The van der Waals surface area contributed by atoms with Crippen molar-refractivity contribution in [3.63, 3.8) is 0 Å². The Morgan fingerprint density at radius 3 is 2.59 bits per heavy atom. The monoisotopic (exact) mass is 312 g/mol. The third-order valence-corrected chi connectivity index (χ3v) is 2.59. The summed E-state index contributed by atoms with van der Waals surface area (Å²) in [4.78, 5) is 32.3. The molecule has 0 fully saturated rings. The number of nitrogens with zero attached hydrogens (tertiary/aromatic N) is 1. The molecule has 120 valence electrons. The van der Waals surface area contributed by atoms with Crippen molar-refractivity contribution in [1.29, 1.82) is 0 Å². The van der Waals surface area contributed by atoms with E-state index in [2.05, 4.69) is 5.32 Å². The molecule has 0 radical (unpaired) electrons. The molecule has 0 bridgehead atoms. The fourth-order valence-electron chi connectivity index (χ4n) is 1.72. The van der Waals surface area contributed by atoms with Gasteiger partial charge >= 0.3 is 6.09 Å². The topological polar surface area (TPSA) is 98.5 Å². The normalized spacial score (nSPS) is 12.4. The predicted molar refractivity (Wildman–Crippen MR) is 75.8 cm³/mol. The quantitative estimate of drug-likeness (QED) is 0.512. The molecule has 1 aromatic rings. The van der Waals surface area contributed by atoms with Crippen LogP contribution in [0, 0.1) is 15.9 Å². The lowest BCUT2D eigenvalue weighted by Gasteiger charge is -2.23. The summed E-state index contributed by atoms with van der Waals surface area (Å²) < 4.78 is 19.0. The summed E-state index contributed by atoms with van der Waals surface area (Å²) in [5.41, 5.74) is -1.18. The van der Waals surface area contributed by atoms with E-state index in [1.165, 1.54) is 6.07 Å². The summed E-state index contributed by atoms with van der Waals surface area (Å²) in [5, 5.41) is 13.0. The van der Waals surface area contributed by atoms with Crippen LogP contribution in [-0.4, -0.2) is 22.9 Å². The molecule has 7 nitrogen and oxygen atoms in total. The molecule has 0 unspecified atom stereocenters. The maximum Gasteiger partial charge on any atom is 0.408 e. The summed E-state index contributed by atoms with van der Waals surface area (Å²) >= 11 is 0. The molecule has 0 saturated heterocycles. The van der Waals surface area contributed by atoms with Gasteiger partial charge in [0.1, 0.15) is 17.7 Å². The Balaban J connectivity index is 2.98. The number of non-ortho nitro benzene ring substituents is 1. The van der Waals surface area contributed by atoms with Gasteiger partial charge in [-0.3, -0.25) is 10.1 Å². The van der Waals surface area contributed by atoms with Gasteiger partial charge in [0.15, 0.2) is 0 Å². The first-order valence-electron chi connectivity index (χ1n) is 6.51. The zero-order chi connectivity index (χ0) is 16.9. The van der Waals surface area contributed by atoms with Crippen LogP contribution in [0.25, 0.3) is 0 Å². The fraction of sp³-hybridized carbons (Fsp3) is 0.429. The summed E-state index contributed by atoms with van der Waals surface area (Å²) in [5.74, 6) is -0.878. The lowest BCUT2D eigenvalue weighted by molar-refractivity contribution is -0.385. The Morgan fingerprint density at radius 1 is 1.50 bits per heavy atom. The van der Waals surface area contributed by atoms with E-state index in [1.807, 2.05) is 0 Å². The van der Waals surface area contributed by atoms with E-state index < -0.39 is 34.2 Å². The molecule has 1 rings (SSSR count). The minimum atomic E-state index is -0.965. The van der Waals surface area contributed by atoms with Crippen LogP contribution in [0.15, 0.2) is 18.2 Å². The average molecular weight is 312 g/mol. The van der Waals surface area contributed by atoms with Crippen molar-refractivity contribution >= 4 is 18.1 Å². The maximum absolute atomic E-state index is 14.0. The zero-order valence-electron chi connectivity index (χ0n) is 12.5. The third-order valence-electron chi connectivity index (χ3n) is 2.59. The van der Waals surface area contributed by atoms with E-state index in [0.29, 0.717) is 6.29 Å². The van der Waals surface area contributed by atoms with Crippen LogP contribution in [0.3, 0.4) is 0 Å². The number of hydrogen-bond donors (Lipinski definition) is 1. The Bertz CT molecular complexity index is 583. The molecule has 0 aliphatic heterocycles. The van der Waals surface area contributed by atoms with Crippen LogP contribution in [0.4, 0.5) is 14.9 Å². The molecule has 0 saturated carbocycles. The highest BCUT2D eigenvalue weighted by atomic mass is 19.1. The second-order valence-corrected chi connectivity index (χ2v) is 5.56. The lowest BCUT2D eigenvalue weighted by Crippen LogP contribution is -2.35. The molecular formula is C14H17FN2O5. The van der Waals surface area contributed by atoms with Crippen LogP contribution >= 0.6 is 0 Å². The predicted octanol–water partition coefficient (Wildman–Crippen LogP) is 2.89. The van der Waals surface area contributed by atoms with Crippen LogP contribution in [0.5, 0.6) is 0 Å². The van der Waals surface area contributed by atoms with Gasteiger partial charge in [0.2, 0.25) is 0 Å². The number of alkyl carbamates (subject to hydrolysis) is 1. The second kappa shape index (κ2) is 6.97. The number of amides is 1. The third kappa shape index (κ3) is 5.12. The van der Waals surface area contributed by atoms with Gasteiger partial charge < -0.3 is 14.8 Å². The van der Waals surface area contributed by atoms with Crippen molar-refractivity contribution < 1.29 is 23.6 Å². The number of nitro groups is 1. The van der Waals surface area contributed by atoms with Crippen molar-refractivity contribution in [1.82, 2.24) is 5.32 Å². The first kappa shape index (κ1) is 17.5. The molecule has 8 heteroatoms. The van der Waals surface area contributed by atoms with Gasteiger partial charge in [0.25, 0.3) is 5.69 Å². The number of nitro benzene ring substituents is 1. The minimum Gasteiger partial charge on any atom is -0.444 e. The van der Waals surface area contributed by atoms with Gasteiger partial charge in [-0.25, -0.2) is 9.18 Å². The van der Waals surface area contributed by atoms with E-state index in [4.69, 9.17) is 4.74 Å². The second-order valence-electron chi connectivity index (χ2n) is 5.56. The van der Waals surface area contributed by atoms with Crippen molar-refractivity contribution in [2.75, 3.05) is 0 Å². The van der Waals surface area contributed by atoms with Crippen LogP contribution in [0.2, 0.25) is 0 Å². The number of aldehydes is 1. The summed E-state index contributed by atoms with van der Waals surface area (Å²) in [7, 11) is 0. The average Bonchev–Trinajstić information content (AvgIpc) is 2.35. The van der Waals surface area contributed by atoms with Gasteiger partial charge in [-0.2, -0.15) is 0 Å². The highest BCUT2D eigenvalue weighted by Gasteiger charge is 2.23. The van der Waals surface area contributed by atoms with Gasteiger partial charge in [-0.1, -0.05) is 0 Å². The number of carbonyl (C=O) groups is 2. The van der Waals surface area contributed by atoms with Crippen LogP contribution in [-0.2, 0) is 9.53 Å². The van der Waals surface area contributed by atoms with Gasteiger partial charge in [-0.15, -0.1) is 0 Å². The molecular weight excluding hydrogens is 295 g/mol. The first-order valence-corrected chi connectivity index (χ1v) is 6.51. The Hall–Kier alpha value is -2.51. The lowest BCUT2D eigenvalue weighted by atomic mass is 10.0. The van der Waals surface area contributed by atoms with Gasteiger partial charge in [0.05, 0.1) is 17.0 Å². The van der Waals surface area contributed by atoms with Crippen LogP contribution in [0.1, 0.15) is 38.8 Å². The number of ether oxygens (including phenoxy) is 1. The largest absolute Gasteiger partial charge is 0.444 e. The molecule has 0 aliphatic rings. The van der Waals surface area contributed by atoms with Crippen molar-refractivity contribution in [3.05, 3.63) is 39.7 Å². The number of carbonyl (C=O) groups excluding carboxylic acids is 2. The molecule has 22 heavy (non-hydrogen) atoms. The maximum atomic E-state index is 14.0. The Morgan fingerprint density at radius 2 is 2.14 bits per heavy atom. The molecule has 0 spiro atoms. The summed E-state index contributed by atoms with van der Waals surface area (Å²) in [6.45, 7) is 4.98. The summed E-state index contributed by atoms with van der Waals surface area (Å²) in [6.07, 6.45) is -0.478. The van der Waals surface area contributed by atoms with Crippen molar-refractivity contribution in [2.24, 2.45) is 0 Å². The van der Waals surface area contributed by atoms with E-state index in [1.54, 1.807) is 20.8 Å². The number of rotatable bonds is 5.